The van der Waals surface area contributed by atoms with Gasteiger partial charge >= 0.3 is 0 Å². The van der Waals surface area contributed by atoms with E-state index >= 15 is 0 Å². The summed E-state index contributed by atoms with van der Waals surface area (Å²) in [5.41, 5.74) is 1.51. The van der Waals surface area contributed by atoms with Crippen LogP contribution in [0.2, 0.25) is 10.0 Å². The molecule has 0 fully saturated rings. The van der Waals surface area contributed by atoms with E-state index in [0.717, 1.165) is 4.90 Å². The molecule has 8 heteroatoms. The summed E-state index contributed by atoms with van der Waals surface area (Å²) < 4.78 is 10.4. The number of hydrogen-bond donors (Lipinski definition) is 1. The lowest BCUT2D eigenvalue weighted by Gasteiger charge is -2.09. The normalized spacial score (nSPS) is 10.5. The zero-order valence-electron chi connectivity index (χ0n) is 16.8. The summed E-state index contributed by atoms with van der Waals surface area (Å²) in [6.07, 6.45) is 0. The lowest BCUT2D eigenvalue weighted by atomic mass is 10.1. The highest BCUT2D eigenvalue weighted by atomic mass is 35.5. The van der Waals surface area contributed by atoms with Crippen molar-refractivity contribution in [2.24, 2.45) is 0 Å². The number of thioether (sulfide) groups is 1. The van der Waals surface area contributed by atoms with E-state index in [1.807, 2.05) is 12.1 Å². The van der Waals surface area contributed by atoms with Crippen molar-refractivity contribution < 1.29 is 19.1 Å². The highest BCUT2D eigenvalue weighted by Gasteiger charge is 2.13. The number of rotatable bonds is 8. The van der Waals surface area contributed by atoms with Crippen LogP contribution >= 0.6 is 35.0 Å². The average Bonchev–Trinajstić information content (AvgIpc) is 2.77. The number of hydrogen-bond acceptors (Lipinski definition) is 5. The van der Waals surface area contributed by atoms with Crippen molar-refractivity contribution in [3.8, 4) is 11.5 Å². The van der Waals surface area contributed by atoms with Crippen LogP contribution in [0.15, 0.2) is 65.6 Å². The maximum absolute atomic E-state index is 12.5. The van der Waals surface area contributed by atoms with Crippen molar-refractivity contribution in [2.45, 2.75) is 4.90 Å². The van der Waals surface area contributed by atoms with Crippen LogP contribution in [-0.2, 0) is 0 Å². The first-order valence-corrected chi connectivity index (χ1v) is 10.9. The second-order valence-electron chi connectivity index (χ2n) is 6.38. The lowest BCUT2D eigenvalue weighted by molar-refractivity contribution is 0.101. The van der Waals surface area contributed by atoms with E-state index in [2.05, 4.69) is 5.32 Å². The predicted molar refractivity (Wildman–Crippen MR) is 125 cm³/mol. The first-order valence-electron chi connectivity index (χ1n) is 9.15. The molecule has 1 N–H and O–H groups in total. The van der Waals surface area contributed by atoms with E-state index in [0.29, 0.717) is 33.3 Å². The number of carbonyl (C=O) groups is 2. The van der Waals surface area contributed by atoms with Gasteiger partial charge in [0.1, 0.15) is 0 Å². The zero-order chi connectivity index (χ0) is 22.4. The minimum absolute atomic E-state index is 0.0271. The molecule has 1 amide bonds. The molecule has 0 radical (unpaired) electrons. The van der Waals surface area contributed by atoms with Gasteiger partial charge in [0.25, 0.3) is 5.91 Å². The van der Waals surface area contributed by atoms with Gasteiger partial charge in [0, 0.05) is 21.2 Å². The Hall–Kier alpha value is -2.67. The van der Waals surface area contributed by atoms with E-state index in [4.69, 9.17) is 32.7 Å². The number of anilines is 1. The SMILES string of the molecule is COc1ccc(C(=O)CSc2ccc(NC(=O)c3ccc(Cl)cc3Cl)cc2)cc1OC. The van der Waals surface area contributed by atoms with Gasteiger partial charge < -0.3 is 14.8 Å². The van der Waals surface area contributed by atoms with Gasteiger partial charge in [-0.05, 0) is 60.7 Å². The molecule has 0 aliphatic rings. The quantitative estimate of drug-likeness (QED) is 0.308. The molecule has 31 heavy (non-hydrogen) atoms. The van der Waals surface area contributed by atoms with Gasteiger partial charge in [0.05, 0.1) is 30.6 Å². The number of methoxy groups -OCH3 is 2. The average molecular weight is 476 g/mol. The van der Waals surface area contributed by atoms with Gasteiger partial charge in [0.15, 0.2) is 17.3 Å². The van der Waals surface area contributed by atoms with Crippen LogP contribution in [0, 0.1) is 0 Å². The maximum Gasteiger partial charge on any atom is 0.257 e. The molecule has 0 bridgehead atoms. The molecule has 0 spiro atoms. The summed E-state index contributed by atoms with van der Waals surface area (Å²) in [6, 6.07) is 17.0. The largest absolute Gasteiger partial charge is 0.493 e. The molecule has 160 valence electrons. The molecule has 3 aromatic carbocycles. The van der Waals surface area contributed by atoms with Crippen LogP contribution in [0.4, 0.5) is 5.69 Å². The van der Waals surface area contributed by atoms with E-state index < -0.39 is 0 Å². The van der Waals surface area contributed by atoms with Gasteiger partial charge in [-0.1, -0.05) is 23.2 Å². The van der Waals surface area contributed by atoms with Crippen molar-refractivity contribution in [3.63, 3.8) is 0 Å². The molecule has 0 unspecified atom stereocenters. The van der Waals surface area contributed by atoms with Crippen molar-refractivity contribution in [2.75, 3.05) is 25.3 Å². The van der Waals surface area contributed by atoms with Gasteiger partial charge in [0.2, 0.25) is 0 Å². The fourth-order valence-electron chi connectivity index (χ4n) is 2.75. The summed E-state index contributed by atoms with van der Waals surface area (Å²) in [6.45, 7) is 0. The molecule has 0 atom stereocenters. The summed E-state index contributed by atoms with van der Waals surface area (Å²) in [4.78, 5) is 25.8. The number of carbonyl (C=O) groups excluding carboxylic acids is 2. The zero-order valence-corrected chi connectivity index (χ0v) is 19.1. The second-order valence-corrected chi connectivity index (χ2v) is 8.28. The molecule has 0 heterocycles. The fourth-order valence-corrected chi connectivity index (χ4v) is 4.04. The highest BCUT2D eigenvalue weighted by molar-refractivity contribution is 8.00. The second kappa shape index (κ2) is 10.6. The summed E-state index contributed by atoms with van der Waals surface area (Å²) in [7, 11) is 3.08. The van der Waals surface area contributed by atoms with Crippen LogP contribution in [-0.4, -0.2) is 31.7 Å². The van der Waals surface area contributed by atoms with Crippen LogP contribution < -0.4 is 14.8 Å². The first kappa shape index (κ1) is 23.0. The topological polar surface area (TPSA) is 64.6 Å². The van der Waals surface area contributed by atoms with E-state index in [9.17, 15) is 9.59 Å². The summed E-state index contributed by atoms with van der Waals surface area (Å²) in [5.74, 6) is 0.997. The highest BCUT2D eigenvalue weighted by Crippen LogP contribution is 2.29. The molecule has 0 aliphatic carbocycles. The Bertz CT molecular complexity index is 1100. The van der Waals surface area contributed by atoms with E-state index in [1.54, 1.807) is 49.6 Å². The first-order chi connectivity index (χ1) is 14.9. The Kier molecular flexibility index (Phi) is 7.85. The minimum Gasteiger partial charge on any atom is -0.493 e. The minimum atomic E-state index is -0.328. The van der Waals surface area contributed by atoms with E-state index in [-0.39, 0.29) is 22.5 Å². The number of ketones is 1. The number of amides is 1. The van der Waals surface area contributed by atoms with Crippen molar-refractivity contribution in [3.05, 3.63) is 81.8 Å². The number of Topliss-reactive ketones (excluding diaryl/α,β-unsaturated/α-hetero) is 1. The monoisotopic (exact) mass is 475 g/mol. The molecule has 3 aromatic rings. The molecule has 0 aromatic heterocycles. The fraction of sp³-hybridized carbons (Fsp3) is 0.130. The molecular formula is C23H19Cl2NO4S. The molecule has 0 saturated heterocycles. The van der Waals surface area contributed by atoms with Gasteiger partial charge in [-0.15, -0.1) is 11.8 Å². The Morgan fingerprint density at radius 3 is 2.26 bits per heavy atom. The Balaban J connectivity index is 1.59. The van der Waals surface area contributed by atoms with Crippen LogP contribution in [0.3, 0.4) is 0 Å². The Morgan fingerprint density at radius 1 is 0.903 bits per heavy atom. The summed E-state index contributed by atoms with van der Waals surface area (Å²) >= 11 is 13.3. The smallest absolute Gasteiger partial charge is 0.257 e. The molecule has 5 nitrogen and oxygen atoms in total. The third-order valence-electron chi connectivity index (χ3n) is 4.36. The van der Waals surface area contributed by atoms with Crippen molar-refractivity contribution in [1.29, 1.82) is 0 Å². The Morgan fingerprint density at radius 2 is 1.61 bits per heavy atom. The molecule has 0 saturated carbocycles. The van der Waals surface area contributed by atoms with Crippen LogP contribution in [0.25, 0.3) is 0 Å². The van der Waals surface area contributed by atoms with Crippen LogP contribution in [0.1, 0.15) is 20.7 Å². The van der Waals surface area contributed by atoms with Gasteiger partial charge in [-0.25, -0.2) is 0 Å². The Labute approximate surface area is 194 Å². The molecule has 0 aliphatic heterocycles. The molecular weight excluding hydrogens is 457 g/mol. The van der Waals surface area contributed by atoms with Crippen molar-refractivity contribution >= 4 is 52.3 Å². The lowest BCUT2D eigenvalue weighted by Crippen LogP contribution is -2.12. The van der Waals surface area contributed by atoms with E-state index in [1.165, 1.54) is 24.9 Å². The predicted octanol–water partition coefficient (Wildman–Crippen LogP) is 6.24. The number of nitrogens with one attached hydrogen (secondary N) is 1. The molecule has 3 rings (SSSR count). The maximum atomic E-state index is 12.5. The summed E-state index contributed by atoms with van der Waals surface area (Å²) in [5, 5.41) is 3.54. The van der Waals surface area contributed by atoms with Gasteiger partial charge in [-0.3, -0.25) is 9.59 Å². The standard InChI is InChI=1S/C23H19Cl2NO4S/c1-29-21-10-3-14(11-22(21)30-2)20(27)13-31-17-7-5-16(6-8-17)26-23(28)18-9-4-15(24)12-19(18)25/h3-12H,13H2,1-2H3,(H,26,28). The number of benzene rings is 3. The third kappa shape index (κ3) is 5.94. The van der Waals surface area contributed by atoms with Crippen LogP contribution in [0.5, 0.6) is 11.5 Å². The van der Waals surface area contributed by atoms with Gasteiger partial charge in [-0.2, -0.15) is 0 Å². The third-order valence-corrected chi connectivity index (χ3v) is 5.92. The van der Waals surface area contributed by atoms with Crippen molar-refractivity contribution in [1.82, 2.24) is 0 Å². The number of halogens is 2. The number of ether oxygens (including phenoxy) is 2.